The normalized spacial score (nSPS) is 11.8. The zero-order valence-electron chi connectivity index (χ0n) is 27.7. The molecule has 8 aromatic carbocycles. The first-order chi connectivity index (χ1) is 25.7. The summed E-state index contributed by atoms with van der Waals surface area (Å²) in [5.74, 6) is 1.82. The van der Waals surface area contributed by atoms with Crippen LogP contribution >= 0.6 is 0 Å². The van der Waals surface area contributed by atoms with Crippen molar-refractivity contribution in [3.05, 3.63) is 164 Å². The summed E-state index contributed by atoms with van der Waals surface area (Å²) < 4.78 is 12.9. The van der Waals surface area contributed by atoms with Crippen LogP contribution in [0.1, 0.15) is 0 Å². The summed E-state index contributed by atoms with van der Waals surface area (Å²) in [4.78, 5) is 15.4. The van der Waals surface area contributed by atoms with E-state index >= 15 is 0 Å². The lowest BCUT2D eigenvalue weighted by Gasteiger charge is -2.10. The van der Waals surface area contributed by atoms with Gasteiger partial charge in [0.25, 0.3) is 0 Å². The molecule has 0 aliphatic heterocycles. The molecule has 0 aliphatic carbocycles. The summed E-state index contributed by atoms with van der Waals surface area (Å²) >= 11 is 0. The van der Waals surface area contributed by atoms with E-state index in [-0.39, 0.29) is 0 Å². The van der Waals surface area contributed by atoms with Gasteiger partial charge >= 0.3 is 0 Å². The van der Waals surface area contributed by atoms with Crippen LogP contribution in [0.2, 0.25) is 0 Å². The van der Waals surface area contributed by atoms with Gasteiger partial charge in [-0.05, 0) is 63.5 Å². The van der Waals surface area contributed by atoms with Gasteiger partial charge in [0.15, 0.2) is 17.5 Å². The van der Waals surface area contributed by atoms with Crippen molar-refractivity contribution >= 4 is 65.4 Å². The molecule has 0 saturated carbocycles. The molecule has 0 radical (unpaired) electrons. The minimum Gasteiger partial charge on any atom is -0.456 e. The fourth-order valence-corrected chi connectivity index (χ4v) is 7.57. The smallest absolute Gasteiger partial charge is 0.164 e. The van der Waals surface area contributed by atoms with E-state index in [0.29, 0.717) is 17.5 Å². The van der Waals surface area contributed by atoms with E-state index in [2.05, 4.69) is 133 Å². The molecule has 0 bridgehead atoms. The van der Waals surface area contributed by atoms with Crippen LogP contribution < -0.4 is 0 Å². The highest BCUT2D eigenvalue weighted by Gasteiger charge is 2.19. The van der Waals surface area contributed by atoms with Gasteiger partial charge in [-0.25, -0.2) is 15.0 Å². The van der Waals surface area contributed by atoms with E-state index in [1.807, 2.05) is 30.3 Å². The number of hydrogen-bond acceptors (Lipinski definition) is 5. The van der Waals surface area contributed by atoms with E-state index in [0.717, 1.165) is 82.5 Å². The van der Waals surface area contributed by atoms with E-state index in [4.69, 9.17) is 23.8 Å². The van der Waals surface area contributed by atoms with Crippen LogP contribution in [0.3, 0.4) is 0 Å². The van der Waals surface area contributed by atoms with Crippen molar-refractivity contribution in [2.45, 2.75) is 0 Å². The molecule has 11 rings (SSSR count). The molecule has 242 valence electrons. The molecular formula is C47H27N3O2. The second-order valence-electron chi connectivity index (χ2n) is 13.2. The van der Waals surface area contributed by atoms with Crippen LogP contribution in [-0.4, -0.2) is 15.0 Å². The lowest BCUT2D eigenvalue weighted by Crippen LogP contribution is -2.00. The van der Waals surface area contributed by atoms with Crippen molar-refractivity contribution in [3.8, 4) is 45.3 Å². The molecule has 0 spiro atoms. The highest BCUT2D eigenvalue weighted by molar-refractivity contribution is 6.14. The Bertz CT molecular complexity index is 3110. The van der Waals surface area contributed by atoms with Gasteiger partial charge < -0.3 is 8.83 Å². The fourth-order valence-electron chi connectivity index (χ4n) is 7.57. The van der Waals surface area contributed by atoms with Gasteiger partial charge in [-0.2, -0.15) is 0 Å². The summed E-state index contributed by atoms with van der Waals surface area (Å²) in [6, 6.07) is 56.3. The summed E-state index contributed by atoms with van der Waals surface area (Å²) in [6.45, 7) is 0. The Hall–Kier alpha value is -7.11. The first-order valence-corrected chi connectivity index (χ1v) is 17.3. The first-order valence-electron chi connectivity index (χ1n) is 17.3. The molecule has 5 nitrogen and oxygen atoms in total. The Labute approximate surface area is 297 Å². The lowest BCUT2D eigenvalue weighted by molar-refractivity contribution is 0.668. The highest BCUT2D eigenvalue weighted by atomic mass is 16.3. The van der Waals surface area contributed by atoms with Gasteiger partial charge in [0.05, 0.1) is 0 Å². The fraction of sp³-hybridized carbons (Fsp3) is 0. The molecule has 3 heterocycles. The van der Waals surface area contributed by atoms with Crippen molar-refractivity contribution in [2.75, 3.05) is 0 Å². The van der Waals surface area contributed by atoms with Gasteiger partial charge in [0.2, 0.25) is 0 Å². The highest BCUT2D eigenvalue weighted by Crippen LogP contribution is 2.41. The predicted molar refractivity (Wildman–Crippen MR) is 211 cm³/mol. The third-order valence-electron chi connectivity index (χ3n) is 10.1. The molecule has 0 saturated heterocycles. The lowest BCUT2D eigenvalue weighted by atomic mass is 9.99. The molecule has 3 aromatic heterocycles. The summed E-state index contributed by atoms with van der Waals surface area (Å²) in [7, 11) is 0. The average molecular weight is 666 g/mol. The Morgan fingerprint density at radius 3 is 1.65 bits per heavy atom. The molecule has 0 fully saturated rings. The average Bonchev–Trinajstić information content (AvgIpc) is 3.78. The van der Waals surface area contributed by atoms with Gasteiger partial charge in [0, 0.05) is 43.8 Å². The van der Waals surface area contributed by atoms with Crippen LogP contribution in [0.4, 0.5) is 0 Å². The topological polar surface area (TPSA) is 65.0 Å². The van der Waals surface area contributed by atoms with Crippen LogP contribution in [0.15, 0.2) is 173 Å². The Morgan fingerprint density at radius 2 is 0.904 bits per heavy atom. The van der Waals surface area contributed by atoms with Gasteiger partial charge in [-0.1, -0.05) is 127 Å². The van der Waals surface area contributed by atoms with Crippen LogP contribution in [0.25, 0.3) is 111 Å². The van der Waals surface area contributed by atoms with Crippen molar-refractivity contribution in [1.29, 1.82) is 0 Å². The summed E-state index contributed by atoms with van der Waals surface area (Å²) in [5.41, 5.74) is 8.09. The maximum absolute atomic E-state index is 6.57. The molecule has 0 aliphatic rings. The van der Waals surface area contributed by atoms with Crippen molar-refractivity contribution in [1.82, 2.24) is 15.0 Å². The van der Waals surface area contributed by atoms with E-state index in [1.165, 1.54) is 10.8 Å². The van der Waals surface area contributed by atoms with E-state index in [9.17, 15) is 0 Å². The minimum atomic E-state index is 0.589. The van der Waals surface area contributed by atoms with Crippen LogP contribution in [0, 0.1) is 0 Å². The quantitative estimate of drug-likeness (QED) is 0.187. The maximum Gasteiger partial charge on any atom is 0.164 e. The van der Waals surface area contributed by atoms with Gasteiger partial charge in [0.1, 0.15) is 22.3 Å². The Morgan fingerprint density at radius 1 is 0.327 bits per heavy atom. The molecule has 5 heteroatoms. The number of hydrogen-bond donors (Lipinski definition) is 0. The maximum atomic E-state index is 6.57. The molecule has 52 heavy (non-hydrogen) atoms. The number of fused-ring (bicyclic) bond motifs is 8. The monoisotopic (exact) mass is 665 g/mol. The van der Waals surface area contributed by atoms with Gasteiger partial charge in [-0.15, -0.1) is 0 Å². The second kappa shape index (κ2) is 11.2. The number of nitrogens with zero attached hydrogens (tertiary/aromatic N) is 3. The standard InChI is InChI=1S/C47H27N3O2/c1-3-11-30-25-33(21-19-28(30)9-1)45-48-46(34-22-20-29-10-2-4-12-31(29)26-34)50-47(49-45)39-16-8-18-41-43(39)38-24-23-32(27-42(38)51-41)35-14-7-15-37-36-13-5-6-17-40(36)52-44(35)37/h1-27H. The molecule has 0 amide bonds. The summed E-state index contributed by atoms with van der Waals surface area (Å²) in [6.07, 6.45) is 0. The third kappa shape index (κ3) is 4.53. The van der Waals surface area contributed by atoms with Gasteiger partial charge in [-0.3, -0.25) is 0 Å². The molecular weight excluding hydrogens is 639 g/mol. The van der Waals surface area contributed by atoms with Crippen molar-refractivity contribution in [3.63, 3.8) is 0 Å². The first kappa shape index (κ1) is 28.7. The minimum absolute atomic E-state index is 0.589. The summed E-state index contributed by atoms with van der Waals surface area (Å²) in [5, 5.41) is 8.76. The van der Waals surface area contributed by atoms with E-state index in [1.54, 1.807) is 0 Å². The molecule has 0 unspecified atom stereocenters. The van der Waals surface area contributed by atoms with Crippen LogP contribution in [0.5, 0.6) is 0 Å². The Kier molecular flexibility index (Phi) is 6.18. The third-order valence-corrected chi connectivity index (χ3v) is 10.1. The van der Waals surface area contributed by atoms with Crippen molar-refractivity contribution < 1.29 is 8.83 Å². The molecule has 0 N–H and O–H groups in total. The predicted octanol–water partition coefficient (Wildman–Crippen LogP) is 12.6. The van der Waals surface area contributed by atoms with E-state index < -0.39 is 0 Å². The number of rotatable bonds is 4. The zero-order valence-corrected chi connectivity index (χ0v) is 27.7. The Balaban J connectivity index is 1.10. The number of para-hydroxylation sites is 2. The number of furan rings is 2. The number of benzene rings is 8. The number of aromatic nitrogens is 3. The SMILES string of the molecule is c1ccc2cc(-c3nc(-c4ccc5ccccc5c4)nc(-c4cccc5oc6cc(-c7cccc8c7oc7ccccc78)ccc6c45)n3)ccc2c1. The zero-order chi connectivity index (χ0) is 34.2. The molecule has 0 atom stereocenters. The second-order valence-corrected chi connectivity index (χ2v) is 13.2. The van der Waals surface area contributed by atoms with Crippen molar-refractivity contribution in [2.24, 2.45) is 0 Å². The van der Waals surface area contributed by atoms with Crippen LogP contribution in [-0.2, 0) is 0 Å². The largest absolute Gasteiger partial charge is 0.456 e. The molecule has 11 aromatic rings.